The van der Waals surface area contributed by atoms with Gasteiger partial charge in [0.2, 0.25) is 11.8 Å². The van der Waals surface area contributed by atoms with Crippen LogP contribution < -0.4 is 0 Å². The number of hydrogen-bond acceptors (Lipinski definition) is 5. The lowest BCUT2D eigenvalue weighted by atomic mass is 9.90. The Labute approximate surface area is 300 Å². The minimum atomic E-state index is -5.05. The Hall–Kier alpha value is -3.65. The van der Waals surface area contributed by atoms with Crippen LogP contribution in [0.5, 0.6) is 0 Å². The molecule has 3 unspecified atom stereocenters. The summed E-state index contributed by atoms with van der Waals surface area (Å²) in [6, 6.07) is 10.3. The zero-order valence-corrected chi connectivity index (χ0v) is 29.8. The molecule has 0 radical (unpaired) electrons. The monoisotopic (exact) mass is 735 g/mol. The van der Waals surface area contributed by atoms with Crippen molar-refractivity contribution in [2.45, 2.75) is 88.4 Å². The summed E-state index contributed by atoms with van der Waals surface area (Å²) in [5.74, 6) is -0.830. The molecule has 0 bridgehead atoms. The number of carbonyl (C=O) groups is 3. The molecule has 52 heavy (non-hydrogen) atoms. The van der Waals surface area contributed by atoms with Gasteiger partial charge in [-0.15, -0.1) is 0 Å². The second kappa shape index (κ2) is 14.6. The Morgan fingerprint density at radius 3 is 1.87 bits per heavy atom. The van der Waals surface area contributed by atoms with Crippen molar-refractivity contribution in [2.24, 2.45) is 5.92 Å². The van der Waals surface area contributed by atoms with Crippen LogP contribution in [0.15, 0.2) is 48.5 Å². The van der Waals surface area contributed by atoms with Gasteiger partial charge in [-0.05, 0) is 76.1 Å². The smallest absolute Gasteiger partial charge is 0.339 e. The minimum absolute atomic E-state index is 0.0256. The fraction of sp³-hybridized carbons (Fsp3) is 0.605. The molecule has 3 atom stereocenters. The fourth-order valence-electron chi connectivity index (χ4n) is 8.05. The lowest BCUT2D eigenvalue weighted by Gasteiger charge is -2.47. The first kappa shape index (κ1) is 38.1. The van der Waals surface area contributed by atoms with E-state index in [9.17, 15) is 40.7 Å². The molecule has 3 heterocycles. The van der Waals surface area contributed by atoms with E-state index in [2.05, 4.69) is 9.80 Å². The van der Waals surface area contributed by atoms with E-state index in [1.54, 1.807) is 11.9 Å². The summed E-state index contributed by atoms with van der Waals surface area (Å²) >= 11 is 0. The van der Waals surface area contributed by atoms with Crippen LogP contribution in [0.2, 0.25) is 0 Å². The lowest BCUT2D eigenvalue weighted by molar-refractivity contribution is -0.150. The summed E-state index contributed by atoms with van der Waals surface area (Å²) < 4.78 is 81.8. The summed E-state index contributed by atoms with van der Waals surface area (Å²) in [4.78, 5) is 49.8. The first-order valence-electron chi connectivity index (χ1n) is 18.1. The number of amides is 3. The average molecular weight is 736 g/mol. The number of alkyl halides is 6. The van der Waals surface area contributed by atoms with E-state index >= 15 is 0 Å². The summed E-state index contributed by atoms with van der Waals surface area (Å²) in [6.07, 6.45) is -6.03. The summed E-state index contributed by atoms with van der Waals surface area (Å²) in [7, 11) is 1.71. The maximum absolute atomic E-state index is 13.8. The third kappa shape index (κ3) is 8.27. The molecule has 2 aromatic carbocycles. The van der Waals surface area contributed by atoms with Gasteiger partial charge in [-0.25, -0.2) is 0 Å². The molecule has 3 aliphatic heterocycles. The molecule has 1 saturated carbocycles. The predicted octanol–water partition coefficient (Wildman–Crippen LogP) is 5.81. The number of rotatable bonds is 8. The van der Waals surface area contributed by atoms with Crippen LogP contribution in [0.4, 0.5) is 26.3 Å². The molecule has 0 aromatic heterocycles. The fourth-order valence-corrected chi connectivity index (χ4v) is 8.05. The number of halogens is 6. The van der Waals surface area contributed by atoms with Crippen LogP contribution in [0.3, 0.4) is 0 Å². The molecular weight excluding hydrogens is 688 g/mol. The van der Waals surface area contributed by atoms with Gasteiger partial charge in [0.05, 0.1) is 11.1 Å². The van der Waals surface area contributed by atoms with Crippen LogP contribution >= 0.6 is 0 Å². The van der Waals surface area contributed by atoms with Crippen molar-refractivity contribution in [1.82, 2.24) is 24.5 Å². The highest BCUT2D eigenvalue weighted by atomic mass is 19.4. The van der Waals surface area contributed by atoms with E-state index in [1.807, 2.05) is 49.1 Å². The lowest BCUT2D eigenvalue weighted by Crippen LogP contribution is -2.58. The molecule has 6 rings (SSSR count). The van der Waals surface area contributed by atoms with Crippen LogP contribution in [-0.2, 0) is 28.4 Å². The molecule has 4 aliphatic rings. The number of piperidine rings is 1. The van der Waals surface area contributed by atoms with E-state index in [0.29, 0.717) is 44.5 Å². The Bertz CT molecular complexity index is 1590. The van der Waals surface area contributed by atoms with Crippen LogP contribution in [-0.4, -0.2) is 119 Å². The quantitative estimate of drug-likeness (QED) is 0.321. The topological polar surface area (TPSA) is 67.4 Å². The number of hydrogen-bond donors (Lipinski definition) is 0. The van der Waals surface area contributed by atoms with E-state index in [0.717, 1.165) is 51.0 Å². The molecule has 2 aromatic rings. The summed E-state index contributed by atoms with van der Waals surface area (Å²) in [5.41, 5.74) is -3.65. The van der Waals surface area contributed by atoms with Crippen molar-refractivity contribution < 1.29 is 40.7 Å². The van der Waals surface area contributed by atoms with Gasteiger partial charge in [0.25, 0.3) is 5.91 Å². The molecular formula is C38H47F6N5O3. The summed E-state index contributed by atoms with van der Waals surface area (Å²) in [6.45, 7) is 8.12. The number of piperazine rings is 1. The van der Waals surface area contributed by atoms with Gasteiger partial charge in [-0.2, -0.15) is 26.3 Å². The first-order valence-corrected chi connectivity index (χ1v) is 18.1. The SMILES string of the molecule is CN(C(=O)C1CC1)C(C)(C)C(=O)N1CCC(N2CCN(C3CCN(C(=O)c4cc(C(F)(F)F)cc(C(F)(F)F)c4)C(Cc4ccccc4)C3)CC2)C1. The Morgan fingerprint density at radius 2 is 1.31 bits per heavy atom. The van der Waals surface area contributed by atoms with E-state index in [4.69, 9.17) is 0 Å². The van der Waals surface area contributed by atoms with Crippen LogP contribution in [0.25, 0.3) is 0 Å². The highest BCUT2D eigenvalue weighted by Crippen LogP contribution is 2.38. The molecule has 0 N–H and O–H groups in total. The Morgan fingerprint density at radius 1 is 0.750 bits per heavy atom. The molecule has 0 spiro atoms. The maximum atomic E-state index is 13.8. The second-order valence-electron chi connectivity index (χ2n) is 15.3. The predicted molar refractivity (Wildman–Crippen MR) is 182 cm³/mol. The normalized spacial score (nSPS) is 23.9. The average Bonchev–Trinajstić information content (AvgIpc) is 3.85. The molecule has 8 nitrogen and oxygen atoms in total. The van der Waals surface area contributed by atoms with Gasteiger partial charge in [0.15, 0.2) is 0 Å². The van der Waals surface area contributed by atoms with Crippen molar-refractivity contribution in [3.63, 3.8) is 0 Å². The molecule has 3 amide bonds. The van der Waals surface area contributed by atoms with Gasteiger partial charge >= 0.3 is 12.4 Å². The molecule has 284 valence electrons. The summed E-state index contributed by atoms with van der Waals surface area (Å²) in [5, 5.41) is 0. The standard InChI is InChI=1S/C38H47F6N5O3/c1-36(2,45(3)33(50)26-9-10-26)35(52)48-13-11-31(24-48)47-17-15-46(16-18-47)30-12-14-49(32(23-30)19-25-7-5-4-6-8-25)34(51)27-20-28(37(39,40)41)22-29(21-27)38(42,43)44/h4-8,20-22,26,30-32H,9-19,23-24H2,1-3H3. The van der Waals surface area contributed by atoms with Gasteiger partial charge < -0.3 is 14.7 Å². The molecule has 1 aliphatic carbocycles. The molecule has 4 fully saturated rings. The number of carbonyl (C=O) groups excluding carboxylic acids is 3. The zero-order chi connectivity index (χ0) is 37.6. The number of likely N-dealkylation sites (N-methyl/N-ethyl adjacent to an activating group) is 1. The number of likely N-dealkylation sites (tertiary alicyclic amines) is 2. The number of nitrogens with zero attached hydrogens (tertiary/aromatic N) is 5. The van der Waals surface area contributed by atoms with Gasteiger partial charge in [-0.1, -0.05) is 30.3 Å². The highest BCUT2D eigenvalue weighted by Gasteiger charge is 2.45. The van der Waals surface area contributed by atoms with Crippen molar-refractivity contribution in [1.29, 1.82) is 0 Å². The minimum Gasteiger partial charge on any atom is -0.339 e. The van der Waals surface area contributed by atoms with Crippen molar-refractivity contribution >= 4 is 17.7 Å². The zero-order valence-electron chi connectivity index (χ0n) is 29.8. The van der Waals surface area contributed by atoms with E-state index in [1.165, 1.54) is 4.90 Å². The van der Waals surface area contributed by atoms with Gasteiger partial charge in [0, 0.05) is 82.5 Å². The number of benzene rings is 2. The molecule has 14 heteroatoms. The van der Waals surface area contributed by atoms with E-state index in [-0.39, 0.29) is 42.4 Å². The Balaban J connectivity index is 1.10. The van der Waals surface area contributed by atoms with Crippen molar-refractivity contribution in [3.05, 3.63) is 70.8 Å². The van der Waals surface area contributed by atoms with Crippen LogP contribution in [0.1, 0.15) is 73.0 Å². The highest BCUT2D eigenvalue weighted by molar-refractivity contribution is 5.95. The van der Waals surface area contributed by atoms with Gasteiger partial charge in [0.1, 0.15) is 5.54 Å². The molecule has 3 saturated heterocycles. The van der Waals surface area contributed by atoms with Crippen molar-refractivity contribution in [3.8, 4) is 0 Å². The second-order valence-corrected chi connectivity index (χ2v) is 15.3. The van der Waals surface area contributed by atoms with Crippen LogP contribution in [0, 0.1) is 5.92 Å². The maximum Gasteiger partial charge on any atom is 0.416 e. The third-order valence-corrected chi connectivity index (χ3v) is 11.5. The van der Waals surface area contributed by atoms with Crippen molar-refractivity contribution in [2.75, 3.05) is 52.9 Å². The van der Waals surface area contributed by atoms with Gasteiger partial charge in [-0.3, -0.25) is 24.2 Å². The Kier molecular flexibility index (Phi) is 10.7. The third-order valence-electron chi connectivity index (χ3n) is 11.5. The first-order chi connectivity index (χ1) is 24.4. The largest absolute Gasteiger partial charge is 0.416 e. The van der Waals surface area contributed by atoms with E-state index < -0.39 is 46.5 Å².